The Balaban J connectivity index is 0.00000280. The highest BCUT2D eigenvalue weighted by Crippen LogP contribution is 2.32. The van der Waals surface area contributed by atoms with Crippen LogP contribution in [0.3, 0.4) is 0 Å². The van der Waals surface area contributed by atoms with Crippen molar-refractivity contribution in [3.8, 4) is 10.4 Å². The Hall–Kier alpha value is -2.07. The van der Waals surface area contributed by atoms with Gasteiger partial charge in [-0.2, -0.15) is 0 Å². The highest BCUT2D eigenvalue weighted by Gasteiger charge is 2.18. The van der Waals surface area contributed by atoms with Crippen molar-refractivity contribution in [2.45, 2.75) is 37.9 Å². The van der Waals surface area contributed by atoms with Crippen LogP contribution in [0.2, 0.25) is 0 Å². The molecule has 3 aromatic rings. The highest BCUT2D eigenvalue weighted by atomic mass is 35.5. The van der Waals surface area contributed by atoms with Crippen molar-refractivity contribution in [3.63, 3.8) is 0 Å². The molecule has 0 amide bonds. The fourth-order valence-corrected chi connectivity index (χ4v) is 5.06. The normalized spacial score (nSPS) is 11.2. The number of pyridine rings is 1. The van der Waals surface area contributed by atoms with Crippen molar-refractivity contribution >= 4 is 33.8 Å². The van der Waals surface area contributed by atoms with Gasteiger partial charge in [0.2, 0.25) is 10.0 Å². The van der Waals surface area contributed by atoms with Crippen molar-refractivity contribution in [3.05, 3.63) is 63.6 Å². The van der Waals surface area contributed by atoms with Crippen LogP contribution in [0.4, 0.5) is 0 Å². The molecule has 0 radical (unpaired) electrons. The third-order valence-electron chi connectivity index (χ3n) is 4.06. The molecule has 0 saturated heterocycles. The quantitative estimate of drug-likeness (QED) is 0.613. The molecule has 0 aliphatic heterocycles. The summed E-state index contributed by atoms with van der Waals surface area (Å²) in [6.45, 7) is 5.58. The first kappa shape index (κ1) is 22.2. The zero-order chi connectivity index (χ0) is 19.6. The van der Waals surface area contributed by atoms with E-state index in [1.165, 1.54) is 6.20 Å². The minimum absolute atomic E-state index is 0. The first-order chi connectivity index (χ1) is 12.8. The molecule has 3 rings (SSSR count). The lowest BCUT2D eigenvalue weighted by Gasteiger charge is -2.06. The summed E-state index contributed by atoms with van der Waals surface area (Å²) in [5, 5.41) is 0. The van der Waals surface area contributed by atoms with E-state index in [9.17, 15) is 13.2 Å². The molecule has 0 bridgehead atoms. The minimum atomic E-state index is -3.67. The molecule has 2 N–H and O–H groups in total. The predicted molar refractivity (Wildman–Crippen MR) is 113 cm³/mol. The highest BCUT2D eigenvalue weighted by molar-refractivity contribution is 7.91. The smallest absolute Gasteiger partial charge is 0.251 e. The maximum Gasteiger partial charge on any atom is 0.251 e. The first-order valence-corrected chi connectivity index (χ1v) is 10.7. The summed E-state index contributed by atoms with van der Waals surface area (Å²) in [5.41, 5.74) is 3.40. The van der Waals surface area contributed by atoms with Crippen LogP contribution < -0.4 is 10.3 Å². The van der Waals surface area contributed by atoms with Crippen LogP contribution in [0.15, 0.2) is 39.6 Å². The molecular weight excluding hydrogens is 420 g/mol. The van der Waals surface area contributed by atoms with Crippen molar-refractivity contribution in [2.75, 3.05) is 0 Å². The second kappa shape index (κ2) is 8.95. The summed E-state index contributed by atoms with van der Waals surface area (Å²) >= 11 is 1.16. The standard InChI is InChI=1S/C18H20N4O3S2.ClH/c1-4-13-7-15(12(3)22-18(13)23)16-5-6-17(26-16)27(24,25)20-10-14-9-19-8-11(2)21-14;/h5-9,20H,4,10H2,1-3H3,(H,22,23);1H. The van der Waals surface area contributed by atoms with Crippen LogP contribution in [0.1, 0.15) is 29.6 Å². The van der Waals surface area contributed by atoms with E-state index < -0.39 is 10.0 Å². The molecule has 0 fully saturated rings. The average molecular weight is 441 g/mol. The number of nitrogens with zero attached hydrogens (tertiary/aromatic N) is 2. The van der Waals surface area contributed by atoms with Gasteiger partial charge in [-0.3, -0.25) is 14.8 Å². The second-order valence-electron chi connectivity index (χ2n) is 6.11. The number of halogens is 1. The van der Waals surface area contributed by atoms with E-state index in [4.69, 9.17) is 0 Å². The van der Waals surface area contributed by atoms with Gasteiger partial charge in [0.05, 0.1) is 17.9 Å². The van der Waals surface area contributed by atoms with Gasteiger partial charge >= 0.3 is 0 Å². The molecule has 0 saturated carbocycles. The molecule has 0 aliphatic rings. The summed E-state index contributed by atoms with van der Waals surface area (Å²) in [7, 11) is -3.67. The molecule has 0 unspecified atom stereocenters. The number of thiophene rings is 1. The van der Waals surface area contributed by atoms with Gasteiger partial charge < -0.3 is 4.98 Å². The molecule has 3 aromatic heterocycles. The van der Waals surface area contributed by atoms with Crippen molar-refractivity contribution in [2.24, 2.45) is 0 Å². The Morgan fingerprint density at radius 3 is 2.64 bits per heavy atom. The number of aromatic amines is 1. The molecule has 150 valence electrons. The predicted octanol–water partition coefficient (Wildman–Crippen LogP) is 2.97. The third-order valence-corrected chi connectivity index (χ3v) is 7.07. The van der Waals surface area contributed by atoms with E-state index in [0.717, 1.165) is 27.5 Å². The maximum atomic E-state index is 12.6. The SMILES string of the molecule is CCc1cc(-c2ccc(S(=O)(=O)NCc3cncc(C)n3)s2)c(C)[nH]c1=O.Cl. The van der Waals surface area contributed by atoms with Gasteiger partial charge in [0.25, 0.3) is 5.56 Å². The van der Waals surface area contributed by atoms with E-state index in [2.05, 4.69) is 19.7 Å². The lowest BCUT2D eigenvalue weighted by molar-refractivity contribution is 0.582. The topological polar surface area (TPSA) is 105 Å². The van der Waals surface area contributed by atoms with E-state index >= 15 is 0 Å². The Morgan fingerprint density at radius 2 is 1.96 bits per heavy atom. The molecular formula is C18H21ClN4O3S2. The Labute approximate surface area is 173 Å². The molecule has 0 atom stereocenters. The van der Waals surface area contributed by atoms with E-state index in [-0.39, 0.29) is 28.7 Å². The van der Waals surface area contributed by atoms with Crippen LogP contribution in [-0.2, 0) is 23.0 Å². The number of sulfonamides is 1. The lowest BCUT2D eigenvalue weighted by Crippen LogP contribution is -2.23. The van der Waals surface area contributed by atoms with Gasteiger partial charge in [0.1, 0.15) is 4.21 Å². The summed E-state index contributed by atoms with van der Waals surface area (Å²) in [5.74, 6) is 0. The van der Waals surface area contributed by atoms with E-state index in [1.54, 1.807) is 32.2 Å². The third kappa shape index (κ3) is 4.85. The van der Waals surface area contributed by atoms with Gasteiger partial charge in [-0.1, -0.05) is 6.92 Å². The zero-order valence-electron chi connectivity index (χ0n) is 15.6. The monoisotopic (exact) mass is 440 g/mol. The summed E-state index contributed by atoms with van der Waals surface area (Å²) in [4.78, 5) is 23.8. The van der Waals surface area contributed by atoms with Gasteiger partial charge in [0, 0.05) is 34.1 Å². The molecule has 0 aliphatic carbocycles. The van der Waals surface area contributed by atoms with Gasteiger partial charge in [0.15, 0.2) is 0 Å². The molecule has 7 nitrogen and oxygen atoms in total. The van der Waals surface area contributed by atoms with Gasteiger partial charge in [-0.05, 0) is 38.5 Å². The largest absolute Gasteiger partial charge is 0.326 e. The molecule has 3 heterocycles. The van der Waals surface area contributed by atoms with Crippen LogP contribution in [-0.4, -0.2) is 23.4 Å². The van der Waals surface area contributed by atoms with Crippen molar-refractivity contribution < 1.29 is 8.42 Å². The average Bonchev–Trinajstić information content (AvgIpc) is 3.11. The number of rotatable bonds is 6. The van der Waals surface area contributed by atoms with E-state index in [0.29, 0.717) is 23.4 Å². The number of aromatic nitrogens is 3. The summed E-state index contributed by atoms with van der Waals surface area (Å²) in [6, 6.07) is 5.15. The number of nitrogens with one attached hydrogen (secondary N) is 2. The van der Waals surface area contributed by atoms with Crippen LogP contribution >= 0.6 is 23.7 Å². The number of hydrogen-bond donors (Lipinski definition) is 2. The fraction of sp³-hybridized carbons (Fsp3) is 0.278. The Morgan fingerprint density at radius 1 is 1.21 bits per heavy atom. The van der Waals surface area contributed by atoms with Gasteiger partial charge in [-0.15, -0.1) is 23.7 Å². The van der Waals surface area contributed by atoms with Crippen LogP contribution in [0.25, 0.3) is 10.4 Å². The minimum Gasteiger partial charge on any atom is -0.326 e. The lowest BCUT2D eigenvalue weighted by atomic mass is 10.1. The number of hydrogen-bond acceptors (Lipinski definition) is 6. The Kier molecular flexibility index (Phi) is 7.11. The van der Waals surface area contributed by atoms with Crippen molar-refractivity contribution in [1.29, 1.82) is 0 Å². The van der Waals surface area contributed by atoms with Crippen LogP contribution in [0.5, 0.6) is 0 Å². The first-order valence-electron chi connectivity index (χ1n) is 8.40. The number of H-pyrrole nitrogens is 1. The maximum absolute atomic E-state index is 12.6. The summed E-state index contributed by atoms with van der Waals surface area (Å²) in [6.07, 6.45) is 3.75. The van der Waals surface area contributed by atoms with Crippen LogP contribution in [0, 0.1) is 13.8 Å². The van der Waals surface area contributed by atoms with Crippen molar-refractivity contribution in [1.82, 2.24) is 19.7 Å². The molecule has 0 aromatic carbocycles. The van der Waals surface area contributed by atoms with Gasteiger partial charge in [-0.25, -0.2) is 13.1 Å². The zero-order valence-corrected chi connectivity index (χ0v) is 18.1. The Bertz CT molecular complexity index is 1140. The number of aryl methyl sites for hydroxylation is 3. The molecule has 28 heavy (non-hydrogen) atoms. The van der Waals surface area contributed by atoms with E-state index in [1.807, 2.05) is 13.0 Å². The summed E-state index contributed by atoms with van der Waals surface area (Å²) < 4.78 is 27.9. The molecule has 10 heteroatoms. The molecule has 0 spiro atoms. The second-order valence-corrected chi connectivity index (χ2v) is 9.19. The fourth-order valence-electron chi connectivity index (χ4n) is 2.63.